The molecule has 0 aromatic heterocycles. The Morgan fingerprint density at radius 3 is 2.20 bits per heavy atom. The van der Waals surface area contributed by atoms with E-state index in [1.165, 1.54) is 13.8 Å². The van der Waals surface area contributed by atoms with Gasteiger partial charge in [-0.1, -0.05) is 50.5 Å². The number of rotatable bonds is 8. The summed E-state index contributed by atoms with van der Waals surface area (Å²) in [6.45, 7) is 5.35. The van der Waals surface area contributed by atoms with Crippen LogP contribution >= 0.6 is 0 Å². The zero-order valence-corrected chi connectivity index (χ0v) is 15.0. The Morgan fingerprint density at radius 1 is 0.880 bits per heavy atom. The summed E-state index contributed by atoms with van der Waals surface area (Å²) in [5.41, 5.74) is 0. The van der Waals surface area contributed by atoms with E-state index >= 15 is 0 Å². The number of carbonyl (C=O) groups is 2. The summed E-state index contributed by atoms with van der Waals surface area (Å²) in [5.74, 6) is 0.305. The van der Waals surface area contributed by atoms with Gasteiger partial charge in [0.05, 0.1) is 6.61 Å². The number of fused-ring (bicyclic) bond motifs is 1. The molecule has 2 rings (SSSR count). The van der Waals surface area contributed by atoms with Gasteiger partial charge in [-0.15, -0.1) is 0 Å². The Balaban J connectivity index is 2.41. The number of hydrogen-bond donors (Lipinski definition) is 0. The predicted molar refractivity (Wildman–Crippen MR) is 96.2 cm³/mol. The van der Waals surface area contributed by atoms with Crippen molar-refractivity contribution in [3.8, 4) is 17.2 Å². The van der Waals surface area contributed by atoms with Crippen molar-refractivity contribution in [2.75, 3.05) is 6.61 Å². The van der Waals surface area contributed by atoms with Crippen LogP contribution in [-0.2, 0) is 9.59 Å². The minimum atomic E-state index is -0.429. The topological polar surface area (TPSA) is 61.8 Å². The molecule has 0 saturated heterocycles. The molecule has 25 heavy (non-hydrogen) atoms. The second kappa shape index (κ2) is 9.06. The Bertz CT molecular complexity index is 751. The van der Waals surface area contributed by atoms with E-state index in [2.05, 4.69) is 6.92 Å². The second-order valence-electron chi connectivity index (χ2n) is 5.84. The van der Waals surface area contributed by atoms with Gasteiger partial charge in [-0.05, 0) is 6.42 Å². The molecular weight excluding hydrogens is 320 g/mol. The highest BCUT2D eigenvalue weighted by molar-refractivity contribution is 5.98. The minimum Gasteiger partial charge on any atom is -0.490 e. The van der Waals surface area contributed by atoms with E-state index in [0.29, 0.717) is 34.6 Å². The van der Waals surface area contributed by atoms with Crippen molar-refractivity contribution < 1.29 is 23.8 Å². The van der Waals surface area contributed by atoms with Crippen molar-refractivity contribution in [1.82, 2.24) is 0 Å². The van der Waals surface area contributed by atoms with Crippen LogP contribution in [0.15, 0.2) is 30.3 Å². The molecule has 0 heterocycles. The van der Waals surface area contributed by atoms with E-state index in [9.17, 15) is 9.59 Å². The molecule has 0 aliphatic heterocycles. The van der Waals surface area contributed by atoms with Gasteiger partial charge in [-0.2, -0.15) is 0 Å². The zero-order valence-electron chi connectivity index (χ0n) is 15.0. The Morgan fingerprint density at radius 2 is 1.56 bits per heavy atom. The molecule has 2 aromatic carbocycles. The lowest BCUT2D eigenvalue weighted by molar-refractivity contribution is -0.133. The molecule has 5 nitrogen and oxygen atoms in total. The van der Waals surface area contributed by atoms with E-state index in [4.69, 9.17) is 14.2 Å². The van der Waals surface area contributed by atoms with Gasteiger partial charge in [0.2, 0.25) is 0 Å². The highest BCUT2D eigenvalue weighted by atomic mass is 16.6. The quantitative estimate of drug-likeness (QED) is 0.396. The lowest BCUT2D eigenvalue weighted by atomic mass is 10.1. The van der Waals surface area contributed by atoms with Crippen LogP contribution in [0.1, 0.15) is 46.5 Å². The standard InChI is InChI=1S/C20H24O5/c1-4-5-6-9-12-23-19-13-18(24-14(2)21)16-10-7-8-11-17(16)20(19)25-15(3)22/h7-8,10-11,13H,4-6,9,12H2,1-3H3. The van der Waals surface area contributed by atoms with Crippen molar-refractivity contribution in [3.63, 3.8) is 0 Å². The van der Waals surface area contributed by atoms with Gasteiger partial charge in [0.15, 0.2) is 11.5 Å². The fraction of sp³-hybridized carbons (Fsp3) is 0.400. The largest absolute Gasteiger partial charge is 0.490 e. The molecule has 2 aromatic rings. The lowest BCUT2D eigenvalue weighted by Crippen LogP contribution is -2.08. The van der Waals surface area contributed by atoms with Crippen LogP contribution < -0.4 is 14.2 Å². The molecule has 5 heteroatoms. The first-order valence-corrected chi connectivity index (χ1v) is 8.58. The molecule has 0 atom stereocenters. The molecule has 0 aliphatic rings. The maximum absolute atomic E-state index is 11.5. The van der Waals surface area contributed by atoms with Crippen LogP contribution in [0.2, 0.25) is 0 Å². The molecule has 0 unspecified atom stereocenters. The van der Waals surface area contributed by atoms with Crippen LogP contribution in [0.3, 0.4) is 0 Å². The van der Waals surface area contributed by atoms with Crippen molar-refractivity contribution in [2.24, 2.45) is 0 Å². The molecule has 0 spiro atoms. The molecule has 134 valence electrons. The molecular formula is C20H24O5. The van der Waals surface area contributed by atoms with Gasteiger partial charge in [-0.25, -0.2) is 0 Å². The Kier molecular flexibility index (Phi) is 6.81. The van der Waals surface area contributed by atoms with E-state index in [0.717, 1.165) is 25.7 Å². The first kappa shape index (κ1) is 18.8. The van der Waals surface area contributed by atoms with Crippen LogP contribution in [0.5, 0.6) is 17.2 Å². The van der Waals surface area contributed by atoms with Crippen LogP contribution in [0, 0.1) is 0 Å². The highest BCUT2D eigenvalue weighted by Gasteiger charge is 2.18. The number of hydrogen-bond acceptors (Lipinski definition) is 5. The third-order valence-corrected chi connectivity index (χ3v) is 3.68. The summed E-state index contributed by atoms with van der Waals surface area (Å²) in [6.07, 6.45) is 4.27. The number of ether oxygens (including phenoxy) is 3. The van der Waals surface area contributed by atoms with Gasteiger partial charge in [0, 0.05) is 30.7 Å². The zero-order chi connectivity index (χ0) is 18.2. The van der Waals surface area contributed by atoms with Crippen LogP contribution in [0.4, 0.5) is 0 Å². The van der Waals surface area contributed by atoms with Gasteiger partial charge in [-0.3, -0.25) is 9.59 Å². The van der Waals surface area contributed by atoms with E-state index in [-0.39, 0.29) is 0 Å². The van der Waals surface area contributed by atoms with Crippen molar-refractivity contribution in [3.05, 3.63) is 30.3 Å². The number of esters is 2. The molecule has 0 radical (unpaired) electrons. The molecule has 0 amide bonds. The summed E-state index contributed by atoms with van der Waals surface area (Å²) < 4.78 is 16.6. The molecule has 0 fully saturated rings. The predicted octanol–water partition coefficient (Wildman–Crippen LogP) is 4.65. The summed E-state index contributed by atoms with van der Waals surface area (Å²) in [4.78, 5) is 22.9. The number of unbranched alkanes of at least 4 members (excludes halogenated alkanes) is 3. The second-order valence-corrected chi connectivity index (χ2v) is 5.84. The normalized spacial score (nSPS) is 10.5. The Hall–Kier alpha value is -2.56. The Labute approximate surface area is 147 Å². The third-order valence-electron chi connectivity index (χ3n) is 3.68. The first-order chi connectivity index (χ1) is 12.0. The average Bonchev–Trinajstić information content (AvgIpc) is 2.57. The first-order valence-electron chi connectivity index (χ1n) is 8.58. The van der Waals surface area contributed by atoms with Gasteiger partial charge < -0.3 is 14.2 Å². The fourth-order valence-electron chi connectivity index (χ4n) is 2.60. The molecule has 0 aliphatic carbocycles. The maximum atomic E-state index is 11.5. The van der Waals surface area contributed by atoms with Crippen LogP contribution in [0.25, 0.3) is 10.8 Å². The van der Waals surface area contributed by atoms with E-state index in [1.807, 2.05) is 24.3 Å². The molecule has 0 saturated carbocycles. The van der Waals surface area contributed by atoms with Gasteiger partial charge in [0.25, 0.3) is 0 Å². The fourth-order valence-corrected chi connectivity index (χ4v) is 2.60. The van der Waals surface area contributed by atoms with Crippen LogP contribution in [-0.4, -0.2) is 18.5 Å². The maximum Gasteiger partial charge on any atom is 0.308 e. The average molecular weight is 344 g/mol. The van der Waals surface area contributed by atoms with Gasteiger partial charge in [0.1, 0.15) is 5.75 Å². The number of benzene rings is 2. The summed E-state index contributed by atoms with van der Waals surface area (Å²) >= 11 is 0. The monoisotopic (exact) mass is 344 g/mol. The van der Waals surface area contributed by atoms with Crippen molar-refractivity contribution >= 4 is 22.7 Å². The highest BCUT2D eigenvalue weighted by Crippen LogP contribution is 2.42. The van der Waals surface area contributed by atoms with Crippen molar-refractivity contribution in [1.29, 1.82) is 0 Å². The summed E-state index contributed by atoms with van der Waals surface area (Å²) in [7, 11) is 0. The number of carbonyl (C=O) groups excluding carboxylic acids is 2. The lowest BCUT2D eigenvalue weighted by Gasteiger charge is -2.16. The third kappa shape index (κ3) is 5.21. The van der Waals surface area contributed by atoms with E-state index < -0.39 is 11.9 Å². The van der Waals surface area contributed by atoms with E-state index in [1.54, 1.807) is 6.07 Å². The minimum absolute atomic E-state index is 0.356. The molecule has 0 bridgehead atoms. The smallest absolute Gasteiger partial charge is 0.308 e. The summed E-state index contributed by atoms with van der Waals surface area (Å²) in [6, 6.07) is 8.90. The van der Waals surface area contributed by atoms with Gasteiger partial charge >= 0.3 is 11.9 Å². The molecule has 0 N–H and O–H groups in total. The van der Waals surface area contributed by atoms with Crippen molar-refractivity contribution in [2.45, 2.75) is 46.5 Å². The summed E-state index contributed by atoms with van der Waals surface area (Å²) in [5, 5.41) is 1.35. The SMILES string of the molecule is CCCCCCOc1cc(OC(C)=O)c2ccccc2c1OC(C)=O.